The van der Waals surface area contributed by atoms with E-state index in [4.69, 9.17) is 26.1 Å². The van der Waals surface area contributed by atoms with E-state index in [1.54, 1.807) is 18.2 Å². The normalized spacial score (nSPS) is 29.6. The molecular weight excluding hydrogens is 638 g/mol. The number of rotatable bonds is 4. The predicted octanol–water partition coefficient (Wildman–Crippen LogP) is 6.37. The quantitative estimate of drug-likeness (QED) is 0.345. The SMILES string of the molecule is CC(C)(C)OC(=O)N1CC2CN(C3CC(C#Cc4ccc5c(n4)CN(C4C(C)(C)C(Oc6ccc(C#N)c(Cl)c6)C4(C)C)C5=O)C3)CC2C1. The largest absolute Gasteiger partial charge is 0.489 e. The second kappa shape index (κ2) is 11.9. The van der Waals surface area contributed by atoms with Crippen molar-refractivity contribution in [3.8, 4) is 23.7 Å². The molecule has 2 aromatic rings. The first-order valence-corrected chi connectivity index (χ1v) is 17.8. The average molecular weight is 684 g/mol. The molecule has 2 atom stereocenters. The summed E-state index contributed by atoms with van der Waals surface area (Å²) in [5.74, 6) is 8.77. The molecule has 10 heteroatoms. The van der Waals surface area contributed by atoms with Crippen LogP contribution in [0.1, 0.15) is 88.6 Å². The van der Waals surface area contributed by atoms with Gasteiger partial charge in [0.2, 0.25) is 0 Å². The maximum atomic E-state index is 13.7. The Morgan fingerprint density at radius 3 is 2.31 bits per heavy atom. The van der Waals surface area contributed by atoms with Gasteiger partial charge >= 0.3 is 6.09 Å². The first-order chi connectivity index (χ1) is 23.0. The van der Waals surface area contributed by atoms with E-state index in [0.717, 1.165) is 44.7 Å². The lowest BCUT2D eigenvalue weighted by molar-refractivity contribution is -0.199. The summed E-state index contributed by atoms with van der Waals surface area (Å²) < 4.78 is 12.0. The van der Waals surface area contributed by atoms with Crippen molar-refractivity contribution in [2.75, 3.05) is 26.2 Å². The van der Waals surface area contributed by atoms with Gasteiger partial charge < -0.3 is 19.3 Å². The van der Waals surface area contributed by atoms with Gasteiger partial charge in [0, 0.05) is 61.1 Å². The molecule has 49 heavy (non-hydrogen) atoms. The lowest BCUT2D eigenvalue weighted by Crippen LogP contribution is -2.74. The van der Waals surface area contributed by atoms with Gasteiger partial charge in [0.05, 0.1) is 28.4 Å². The molecule has 0 bridgehead atoms. The molecule has 1 aromatic heterocycles. The molecule has 2 amide bonds. The fraction of sp³-hybridized carbons (Fsp3) is 0.590. The lowest BCUT2D eigenvalue weighted by atomic mass is 9.49. The summed E-state index contributed by atoms with van der Waals surface area (Å²) in [4.78, 5) is 37.5. The van der Waals surface area contributed by atoms with Crippen molar-refractivity contribution in [2.24, 2.45) is 28.6 Å². The molecule has 7 rings (SSSR count). The van der Waals surface area contributed by atoms with Gasteiger partial charge in [0.25, 0.3) is 5.91 Å². The highest BCUT2D eigenvalue weighted by molar-refractivity contribution is 6.31. The van der Waals surface area contributed by atoms with Crippen LogP contribution in [0.4, 0.5) is 4.79 Å². The molecule has 4 heterocycles. The van der Waals surface area contributed by atoms with Crippen LogP contribution in [0.3, 0.4) is 0 Å². The van der Waals surface area contributed by atoms with E-state index < -0.39 is 5.60 Å². The highest BCUT2D eigenvalue weighted by Crippen LogP contribution is 2.59. The Morgan fingerprint density at radius 2 is 1.69 bits per heavy atom. The highest BCUT2D eigenvalue weighted by atomic mass is 35.5. The molecule has 258 valence electrons. The number of amides is 2. The van der Waals surface area contributed by atoms with Crippen LogP contribution in [0.15, 0.2) is 30.3 Å². The first-order valence-electron chi connectivity index (χ1n) is 17.5. The Balaban J connectivity index is 0.931. The number of ether oxygens (including phenoxy) is 2. The molecule has 1 aromatic carbocycles. The molecule has 9 nitrogen and oxygen atoms in total. The Morgan fingerprint density at radius 1 is 1.02 bits per heavy atom. The molecule has 2 aliphatic carbocycles. The molecular formula is C39H46ClN5O4. The molecule has 5 aliphatic rings. The maximum absolute atomic E-state index is 13.7. The van der Waals surface area contributed by atoms with Crippen LogP contribution in [0.5, 0.6) is 5.75 Å². The van der Waals surface area contributed by atoms with Crippen molar-refractivity contribution in [1.82, 2.24) is 19.7 Å². The number of nitriles is 1. The van der Waals surface area contributed by atoms with Crippen LogP contribution < -0.4 is 4.74 Å². The van der Waals surface area contributed by atoms with E-state index in [1.165, 1.54) is 0 Å². The van der Waals surface area contributed by atoms with E-state index in [1.807, 2.05) is 42.7 Å². The number of aromatic nitrogens is 1. The summed E-state index contributed by atoms with van der Waals surface area (Å²) in [6, 6.07) is 11.5. The van der Waals surface area contributed by atoms with Gasteiger partial charge in [-0.15, -0.1) is 0 Å². The van der Waals surface area contributed by atoms with E-state index in [2.05, 4.69) is 50.5 Å². The zero-order chi connectivity index (χ0) is 35.0. The van der Waals surface area contributed by atoms with Crippen molar-refractivity contribution in [3.05, 3.63) is 57.9 Å². The van der Waals surface area contributed by atoms with Gasteiger partial charge in [-0.3, -0.25) is 9.69 Å². The summed E-state index contributed by atoms with van der Waals surface area (Å²) in [6.45, 7) is 18.4. The van der Waals surface area contributed by atoms with Crippen LogP contribution in [0, 0.1) is 51.8 Å². The second-order valence-electron chi connectivity index (χ2n) is 16.9. The summed E-state index contributed by atoms with van der Waals surface area (Å²) >= 11 is 6.27. The predicted molar refractivity (Wildman–Crippen MR) is 186 cm³/mol. The smallest absolute Gasteiger partial charge is 0.410 e. The monoisotopic (exact) mass is 683 g/mol. The Hall–Kier alpha value is -3.79. The topological polar surface area (TPSA) is 99.0 Å². The van der Waals surface area contributed by atoms with Gasteiger partial charge in [-0.1, -0.05) is 45.2 Å². The lowest BCUT2D eigenvalue weighted by Gasteiger charge is -2.65. The van der Waals surface area contributed by atoms with Crippen molar-refractivity contribution >= 4 is 23.6 Å². The Labute approximate surface area is 294 Å². The van der Waals surface area contributed by atoms with Crippen LogP contribution in [-0.4, -0.2) is 81.7 Å². The minimum atomic E-state index is -0.466. The van der Waals surface area contributed by atoms with E-state index in [0.29, 0.717) is 57.9 Å². The minimum Gasteiger partial charge on any atom is -0.489 e. The fourth-order valence-corrected chi connectivity index (χ4v) is 9.69. The number of hydrogen-bond acceptors (Lipinski definition) is 7. The zero-order valence-corrected chi connectivity index (χ0v) is 30.3. The molecule has 0 radical (unpaired) electrons. The standard InChI is InChI=1S/C39H46ClN5O4/c1-37(2,3)49-36(47)44-20-25-18-43(19-26(25)21-44)28-14-23(15-28)8-10-27-11-13-30-32(42-27)22-45(33(30)46)34-38(4,5)35(39(34,6)7)48-29-12-9-24(17-41)31(40)16-29/h9,11-13,16,23,25-26,28,34-35H,14-15,18-22H2,1-7H3. The molecule has 2 unspecified atom stereocenters. The van der Waals surface area contributed by atoms with Gasteiger partial charge in [-0.05, 0) is 75.6 Å². The second-order valence-corrected chi connectivity index (χ2v) is 17.3. The van der Waals surface area contributed by atoms with E-state index in [-0.39, 0.29) is 35.0 Å². The summed E-state index contributed by atoms with van der Waals surface area (Å²) in [5.41, 5.74) is 1.41. The van der Waals surface area contributed by atoms with Crippen molar-refractivity contribution in [3.63, 3.8) is 0 Å². The van der Waals surface area contributed by atoms with Crippen LogP contribution >= 0.6 is 11.6 Å². The Bertz CT molecular complexity index is 1760. The van der Waals surface area contributed by atoms with Crippen molar-refractivity contribution in [1.29, 1.82) is 5.26 Å². The highest BCUT2D eigenvalue weighted by Gasteiger charge is 2.67. The number of halogens is 1. The van der Waals surface area contributed by atoms with Crippen LogP contribution in [-0.2, 0) is 11.3 Å². The number of nitrogens with zero attached hydrogens (tertiary/aromatic N) is 5. The average Bonchev–Trinajstić information content (AvgIpc) is 3.66. The molecule has 2 saturated carbocycles. The number of fused-ring (bicyclic) bond motifs is 2. The van der Waals surface area contributed by atoms with Crippen molar-refractivity contribution < 1.29 is 19.1 Å². The number of carbonyl (C=O) groups excluding carboxylic acids is 2. The molecule has 0 N–H and O–H groups in total. The summed E-state index contributed by atoms with van der Waals surface area (Å²) in [7, 11) is 0. The number of benzene rings is 1. The molecule has 3 aliphatic heterocycles. The summed E-state index contributed by atoms with van der Waals surface area (Å²) in [6.07, 6.45) is 1.76. The van der Waals surface area contributed by atoms with Crippen molar-refractivity contribution in [2.45, 2.75) is 91.6 Å². The number of hydrogen-bond donors (Lipinski definition) is 0. The fourth-order valence-electron chi connectivity index (χ4n) is 9.48. The number of carbonyl (C=O) groups is 2. The van der Waals surface area contributed by atoms with Gasteiger partial charge in [-0.25, -0.2) is 9.78 Å². The molecule has 4 fully saturated rings. The van der Waals surface area contributed by atoms with Crippen LogP contribution in [0.25, 0.3) is 0 Å². The van der Waals surface area contributed by atoms with Gasteiger partial charge in [0.1, 0.15) is 29.2 Å². The third kappa shape index (κ3) is 6.04. The number of likely N-dealkylation sites (tertiary alicyclic amines) is 2. The zero-order valence-electron chi connectivity index (χ0n) is 29.5. The maximum Gasteiger partial charge on any atom is 0.410 e. The third-order valence-electron chi connectivity index (χ3n) is 11.4. The van der Waals surface area contributed by atoms with Gasteiger partial charge in [0.15, 0.2) is 0 Å². The summed E-state index contributed by atoms with van der Waals surface area (Å²) in [5, 5.41) is 9.59. The van der Waals surface area contributed by atoms with E-state index >= 15 is 0 Å². The number of pyridine rings is 1. The van der Waals surface area contributed by atoms with E-state index in [9.17, 15) is 14.9 Å². The Kier molecular flexibility index (Phi) is 8.20. The van der Waals surface area contributed by atoms with Gasteiger partial charge in [-0.2, -0.15) is 5.26 Å². The first kappa shape index (κ1) is 33.7. The third-order valence-corrected chi connectivity index (χ3v) is 11.7. The molecule has 2 saturated heterocycles. The minimum absolute atomic E-state index is 0.000503. The molecule has 0 spiro atoms. The van der Waals surface area contributed by atoms with Crippen LogP contribution in [0.2, 0.25) is 5.02 Å².